The molecule has 0 saturated heterocycles. The van der Waals surface area contributed by atoms with E-state index in [1.807, 2.05) is 6.07 Å². The summed E-state index contributed by atoms with van der Waals surface area (Å²) in [6.45, 7) is 3.55. The van der Waals surface area contributed by atoms with Gasteiger partial charge in [0, 0.05) is 37.3 Å². The highest BCUT2D eigenvalue weighted by atomic mass is 35.5. The summed E-state index contributed by atoms with van der Waals surface area (Å²) in [5.74, 6) is 0.611. The highest BCUT2D eigenvalue weighted by Gasteiger charge is 2.02. The van der Waals surface area contributed by atoms with E-state index in [-0.39, 0.29) is 5.56 Å². The number of pyridine rings is 1. The molecule has 1 heterocycles. The van der Waals surface area contributed by atoms with Crippen molar-refractivity contribution in [2.75, 3.05) is 12.4 Å². The van der Waals surface area contributed by atoms with Crippen LogP contribution in [0.25, 0.3) is 0 Å². The van der Waals surface area contributed by atoms with Crippen LogP contribution in [-0.4, -0.2) is 23.0 Å². The molecule has 1 rings (SSSR count). The summed E-state index contributed by atoms with van der Waals surface area (Å²) in [4.78, 5) is 11.3. The largest absolute Gasteiger partial charge is 0.314 e. The Morgan fingerprint density at radius 3 is 2.93 bits per heavy atom. The summed E-state index contributed by atoms with van der Waals surface area (Å²) in [7, 11) is 0. The lowest BCUT2D eigenvalue weighted by molar-refractivity contribution is 0.503. The Morgan fingerprint density at radius 2 is 2.33 bits per heavy atom. The van der Waals surface area contributed by atoms with E-state index in [0.29, 0.717) is 18.5 Å². The minimum Gasteiger partial charge on any atom is -0.314 e. The molecule has 1 N–H and O–H groups in total. The first-order valence-corrected chi connectivity index (χ1v) is 5.76. The van der Waals surface area contributed by atoms with E-state index in [2.05, 4.69) is 12.2 Å². The quantitative estimate of drug-likeness (QED) is 0.748. The summed E-state index contributed by atoms with van der Waals surface area (Å²) >= 11 is 5.75. The molecule has 0 bridgehead atoms. The Labute approximate surface area is 95.1 Å². The first kappa shape index (κ1) is 12.3. The smallest absolute Gasteiger partial charge is 0.250 e. The van der Waals surface area contributed by atoms with Crippen LogP contribution in [0.15, 0.2) is 29.2 Å². The molecule has 4 heteroatoms. The summed E-state index contributed by atoms with van der Waals surface area (Å²) in [5, 5.41) is 3.30. The van der Waals surface area contributed by atoms with Crippen LogP contribution in [0.2, 0.25) is 0 Å². The Bertz CT molecular complexity index is 333. The van der Waals surface area contributed by atoms with Gasteiger partial charge in [0.1, 0.15) is 0 Å². The van der Waals surface area contributed by atoms with Crippen molar-refractivity contribution in [3.8, 4) is 0 Å². The molecule has 84 valence electrons. The van der Waals surface area contributed by atoms with Crippen LogP contribution in [0.1, 0.15) is 13.3 Å². The van der Waals surface area contributed by atoms with Gasteiger partial charge in [-0.1, -0.05) is 13.0 Å². The van der Waals surface area contributed by atoms with Crippen molar-refractivity contribution in [1.29, 1.82) is 0 Å². The van der Waals surface area contributed by atoms with Crippen LogP contribution >= 0.6 is 11.6 Å². The first-order chi connectivity index (χ1) is 7.27. The summed E-state index contributed by atoms with van der Waals surface area (Å²) in [5.41, 5.74) is 0.0400. The van der Waals surface area contributed by atoms with Gasteiger partial charge in [0.2, 0.25) is 0 Å². The molecule has 1 aromatic heterocycles. The van der Waals surface area contributed by atoms with Gasteiger partial charge in [0.15, 0.2) is 0 Å². The van der Waals surface area contributed by atoms with Crippen molar-refractivity contribution >= 4 is 11.6 Å². The van der Waals surface area contributed by atoms with Gasteiger partial charge in [-0.15, -0.1) is 11.6 Å². The van der Waals surface area contributed by atoms with E-state index in [0.717, 1.165) is 13.0 Å². The fraction of sp³-hybridized carbons (Fsp3) is 0.545. The highest BCUT2D eigenvalue weighted by molar-refractivity contribution is 6.18. The Hall–Kier alpha value is -0.800. The van der Waals surface area contributed by atoms with Gasteiger partial charge >= 0.3 is 0 Å². The van der Waals surface area contributed by atoms with E-state index in [4.69, 9.17) is 11.6 Å². The molecule has 0 aromatic carbocycles. The number of rotatable bonds is 6. The van der Waals surface area contributed by atoms with Crippen LogP contribution in [0.4, 0.5) is 0 Å². The maximum Gasteiger partial charge on any atom is 0.250 e. The molecule has 1 atom stereocenters. The van der Waals surface area contributed by atoms with E-state index in [9.17, 15) is 4.79 Å². The van der Waals surface area contributed by atoms with Gasteiger partial charge in [0.25, 0.3) is 5.56 Å². The van der Waals surface area contributed by atoms with Gasteiger partial charge in [-0.05, 0) is 12.5 Å². The standard InChI is InChI=1S/C11H17ClN2O/c1-2-10(9-12)13-6-8-14-7-4-3-5-11(14)15/h3-5,7,10,13H,2,6,8-9H2,1H3. The predicted octanol–water partition coefficient (Wildman–Crippen LogP) is 1.46. The van der Waals surface area contributed by atoms with E-state index in [1.54, 1.807) is 22.9 Å². The zero-order valence-corrected chi connectivity index (χ0v) is 9.70. The molecule has 1 aromatic rings. The fourth-order valence-corrected chi connectivity index (χ4v) is 1.67. The molecule has 0 radical (unpaired) electrons. The molecule has 0 fully saturated rings. The maximum atomic E-state index is 11.3. The minimum absolute atomic E-state index is 0.0400. The van der Waals surface area contributed by atoms with Gasteiger partial charge in [-0.25, -0.2) is 0 Å². The van der Waals surface area contributed by atoms with Crippen LogP contribution in [0.5, 0.6) is 0 Å². The van der Waals surface area contributed by atoms with Crippen molar-refractivity contribution in [2.24, 2.45) is 0 Å². The maximum absolute atomic E-state index is 11.3. The topological polar surface area (TPSA) is 34.0 Å². The molecule has 15 heavy (non-hydrogen) atoms. The lowest BCUT2D eigenvalue weighted by atomic mass is 10.2. The molecular formula is C11H17ClN2O. The number of nitrogens with zero attached hydrogens (tertiary/aromatic N) is 1. The number of halogens is 1. The third-order valence-electron chi connectivity index (χ3n) is 2.36. The average Bonchev–Trinajstić information content (AvgIpc) is 2.27. The second-order valence-corrected chi connectivity index (χ2v) is 3.75. The number of hydrogen-bond donors (Lipinski definition) is 1. The lowest BCUT2D eigenvalue weighted by Crippen LogP contribution is -2.34. The average molecular weight is 229 g/mol. The first-order valence-electron chi connectivity index (χ1n) is 5.22. The van der Waals surface area contributed by atoms with Crippen molar-refractivity contribution < 1.29 is 0 Å². The van der Waals surface area contributed by atoms with E-state index < -0.39 is 0 Å². The zero-order valence-electron chi connectivity index (χ0n) is 8.95. The van der Waals surface area contributed by atoms with Crippen LogP contribution < -0.4 is 10.9 Å². The Kier molecular flexibility index (Phi) is 5.43. The molecule has 0 aliphatic carbocycles. The fourth-order valence-electron chi connectivity index (χ4n) is 1.34. The monoisotopic (exact) mass is 228 g/mol. The molecule has 0 aliphatic rings. The van der Waals surface area contributed by atoms with Crippen molar-refractivity contribution in [3.05, 3.63) is 34.7 Å². The summed E-state index contributed by atoms with van der Waals surface area (Å²) < 4.78 is 1.69. The molecule has 3 nitrogen and oxygen atoms in total. The van der Waals surface area contributed by atoms with E-state index in [1.165, 1.54) is 0 Å². The summed E-state index contributed by atoms with van der Waals surface area (Å²) in [6, 6.07) is 5.52. The van der Waals surface area contributed by atoms with Gasteiger partial charge < -0.3 is 9.88 Å². The van der Waals surface area contributed by atoms with Crippen LogP contribution in [0.3, 0.4) is 0 Å². The number of nitrogens with one attached hydrogen (secondary N) is 1. The van der Waals surface area contributed by atoms with Crippen LogP contribution in [-0.2, 0) is 6.54 Å². The molecule has 0 saturated carbocycles. The van der Waals surface area contributed by atoms with Gasteiger partial charge in [-0.2, -0.15) is 0 Å². The number of aromatic nitrogens is 1. The highest BCUT2D eigenvalue weighted by Crippen LogP contribution is 1.93. The Balaban J connectivity index is 2.38. The number of hydrogen-bond acceptors (Lipinski definition) is 2. The summed E-state index contributed by atoms with van der Waals surface area (Å²) in [6.07, 6.45) is 2.80. The second kappa shape index (κ2) is 6.64. The zero-order chi connectivity index (χ0) is 11.1. The second-order valence-electron chi connectivity index (χ2n) is 3.45. The molecule has 0 aliphatic heterocycles. The van der Waals surface area contributed by atoms with Crippen molar-refractivity contribution in [1.82, 2.24) is 9.88 Å². The van der Waals surface area contributed by atoms with Gasteiger partial charge in [-0.3, -0.25) is 4.79 Å². The minimum atomic E-state index is 0.0400. The molecule has 0 spiro atoms. The van der Waals surface area contributed by atoms with Crippen molar-refractivity contribution in [3.63, 3.8) is 0 Å². The van der Waals surface area contributed by atoms with Gasteiger partial charge in [0.05, 0.1) is 0 Å². The predicted molar refractivity (Wildman–Crippen MR) is 63.5 cm³/mol. The third-order valence-corrected chi connectivity index (χ3v) is 2.74. The van der Waals surface area contributed by atoms with Crippen LogP contribution in [0, 0.1) is 0 Å². The molecule has 0 amide bonds. The Morgan fingerprint density at radius 1 is 1.53 bits per heavy atom. The van der Waals surface area contributed by atoms with E-state index >= 15 is 0 Å². The molecule has 1 unspecified atom stereocenters. The van der Waals surface area contributed by atoms with Crippen molar-refractivity contribution in [2.45, 2.75) is 25.9 Å². The molecular weight excluding hydrogens is 212 g/mol. The number of alkyl halides is 1. The third kappa shape index (κ3) is 4.06. The lowest BCUT2D eigenvalue weighted by Gasteiger charge is -2.13. The normalized spacial score (nSPS) is 12.7. The SMILES string of the molecule is CCC(CCl)NCCn1ccccc1=O.